The number of rotatable bonds is 7. The highest BCUT2D eigenvalue weighted by atomic mass is 32.1. The molecule has 7 heteroatoms. The van der Waals surface area contributed by atoms with Crippen molar-refractivity contribution in [2.45, 2.75) is 52.5 Å². The maximum absolute atomic E-state index is 13.0. The predicted molar refractivity (Wildman–Crippen MR) is 118 cm³/mol. The Labute approximate surface area is 180 Å². The molecule has 1 aromatic carbocycles. The van der Waals surface area contributed by atoms with Crippen molar-refractivity contribution in [3.05, 3.63) is 51.9 Å². The third kappa shape index (κ3) is 4.90. The van der Waals surface area contributed by atoms with Gasteiger partial charge < -0.3 is 15.7 Å². The molecule has 1 saturated carbocycles. The number of thiophene rings is 1. The molecule has 3 N–H and O–H groups in total. The summed E-state index contributed by atoms with van der Waals surface area (Å²) in [6.07, 6.45) is 3.42. The molecule has 0 saturated heterocycles. The predicted octanol–water partition coefficient (Wildman–Crippen LogP) is 4.38. The highest BCUT2D eigenvalue weighted by Crippen LogP contribution is 2.36. The molecular formula is C23H28N2O4S. The van der Waals surface area contributed by atoms with Crippen LogP contribution in [0.15, 0.2) is 30.3 Å². The third-order valence-corrected chi connectivity index (χ3v) is 6.81. The van der Waals surface area contributed by atoms with Crippen molar-refractivity contribution in [3.63, 3.8) is 0 Å². The van der Waals surface area contributed by atoms with Crippen LogP contribution in [0.1, 0.15) is 59.0 Å². The lowest BCUT2D eigenvalue weighted by Gasteiger charge is -2.27. The monoisotopic (exact) mass is 428 g/mol. The van der Waals surface area contributed by atoms with Gasteiger partial charge in [0.25, 0.3) is 5.91 Å². The summed E-state index contributed by atoms with van der Waals surface area (Å²) in [6, 6.07) is 9.65. The minimum Gasteiger partial charge on any atom is -0.481 e. The topological polar surface area (TPSA) is 95.5 Å². The van der Waals surface area contributed by atoms with E-state index in [2.05, 4.69) is 10.6 Å². The van der Waals surface area contributed by atoms with Crippen LogP contribution in [0.4, 0.5) is 5.00 Å². The lowest BCUT2D eigenvalue weighted by atomic mass is 9.79. The molecule has 0 bridgehead atoms. The number of carboxylic acid groups (broad SMARTS) is 1. The number of carboxylic acids is 1. The van der Waals surface area contributed by atoms with Crippen LogP contribution in [0.25, 0.3) is 0 Å². The number of carbonyl (C=O) groups is 3. The summed E-state index contributed by atoms with van der Waals surface area (Å²) in [4.78, 5) is 38.5. The summed E-state index contributed by atoms with van der Waals surface area (Å²) in [6.45, 7) is 4.32. The first-order valence-corrected chi connectivity index (χ1v) is 11.2. The number of hydrogen-bond acceptors (Lipinski definition) is 4. The fraction of sp³-hybridized carbons (Fsp3) is 0.435. The molecule has 0 radical (unpaired) electrons. The normalized spacial score (nSPS) is 18.6. The molecule has 2 amide bonds. The van der Waals surface area contributed by atoms with Gasteiger partial charge >= 0.3 is 5.97 Å². The van der Waals surface area contributed by atoms with Crippen LogP contribution in [-0.4, -0.2) is 22.9 Å². The summed E-state index contributed by atoms with van der Waals surface area (Å²) in [7, 11) is 0. The molecular weight excluding hydrogens is 400 g/mol. The van der Waals surface area contributed by atoms with Crippen molar-refractivity contribution < 1.29 is 19.5 Å². The zero-order chi connectivity index (χ0) is 21.7. The van der Waals surface area contributed by atoms with Crippen molar-refractivity contribution in [1.82, 2.24) is 5.32 Å². The van der Waals surface area contributed by atoms with Crippen LogP contribution in [0.3, 0.4) is 0 Å². The molecule has 30 heavy (non-hydrogen) atoms. The molecule has 160 valence electrons. The van der Waals surface area contributed by atoms with Gasteiger partial charge in [0.15, 0.2) is 0 Å². The fourth-order valence-electron chi connectivity index (χ4n) is 4.14. The van der Waals surface area contributed by atoms with E-state index >= 15 is 0 Å². The van der Waals surface area contributed by atoms with E-state index in [1.807, 2.05) is 44.2 Å². The summed E-state index contributed by atoms with van der Waals surface area (Å²) >= 11 is 1.38. The third-order valence-electron chi connectivity index (χ3n) is 5.74. The van der Waals surface area contributed by atoms with Crippen LogP contribution in [0.2, 0.25) is 0 Å². The Bertz CT molecular complexity index is 923. The van der Waals surface area contributed by atoms with Gasteiger partial charge in [-0.15, -0.1) is 11.3 Å². The SMILES string of the molecule is CCc1c(C)sc(NC(=O)[C@@H]2CCCC[C@H]2C(=O)O)c1C(=O)NCc1ccccc1. The van der Waals surface area contributed by atoms with Crippen molar-refractivity contribution in [2.75, 3.05) is 5.32 Å². The Kier molecular flexibility index (Phi) is 7.26. The molecule has 1 fully saturated rings. The van der Waals surface area contributed by atoms with E-state index < -0.39 is 17.8 Å². The van der Waals surface area contributed by atoms with Crippen LogP contribution < -0.4 is 10.6 Å². The number of nitrogens with one attached hydrogen (secondary N) is 2. The first-order chi connectivity index (χ1) is 14.4. The standard InChI is InChI=1S/C23H28N2O4S/c1-3-16-14(2)30-22(19(16)21(27)24-13-15-9-5-4-6-10-15)25-20(26)17-11-7-8-12-18(17)23(28)29/h4-6,9-10,17-18H,3,7-8,11-13H2,1-2H3,(H,24,27)(H,25,26)(H,28,29)/t17-,18-/m1/s1. The summed E-state index contributed by atoms with van der Waals surface area (Å²) in [5.74, 6) is -2.69. The summed E-state index contributed by atoms with van der Waals surface area (Å²) < 4.78 is 0. The number of anilines is 1. The second-order valence-electron chi connectivity index (χ2n) is 7.69. The van der Waals surface area contributed by atoms with E-state index in [4.69, 9.17) is 0 Å². The second-order valence-corrected chi connectivity index (χ2v) is 8.91. The van der Waals surface area contributed by atoms with Gasteiger partial charge in [0, 0.05) is 11.4 Å². The van der Waals surface area contributed by atoms with Gasteiger partial charge in [-0.05, 0) is 37.3 Å². The largest absolute Gasteiger partial charge is 0.481 e. The average molecular weight is 429 g/mol. The van der Waals surface area contributed by atoms with Crippen molar-refractivity contribution >= 4 is 34.1 Å². The van der Waals surface area contributed by atoms with Gasteiger partial charge in [0.1, 0.15) is 5.00 Å². The van der Waals surface area contributed by atoms with E-state index in [0.29, 0.717) is 36.4 Å². The molecule has 1 aliphatic carbocycles. The Morgan fingerprint density at radius 3 is 2.40 bits per heavy atom. The number of aliphatic carboxylic acids is 1. The summed E-state index contributed by atoms with van der Waals surface area (Å²) in [5, 5.41) is 15.8. The van der Waals surface area contributed by atoms with Gasteiger partial charge in [-0.1, -0.05) is 50.1 Å². The first kappa shape index (κ1) is 22.0. The Morgan fingerprint density at radius 1 is 1.10 bits per heavy atom. The Balaban J connectivity index is 1.80. The van der Waals surface area contributed by atoms with E-state index in [-0.39, 0.29) is 11.8 Å². The van der Waals surface area contributed by atoms with Gasteiger partial charge in [0.05, 0.1) is 17.4 Å². The summed E-state index contributed by atoms with van der Waals surface area (Å²) in [5.41, 5.74) is 2.40. The van der Waals surface area contributed by atoms with Crippen LogP contribution in [-0.2, 0) is 22.6 Å². The van der Waals surface area contributed by atoms with Crippen molar-refractivity contribution in [1.29, 1.82) is 0 Å². The van der Waals surface area contributed by atoms with Gasteiger partial charge in [0.2, 0.25) is 5.91 Å². The number of aryl methyl sites for hydroxylation is 1. The molecule has 3 rings (SSSR count). The smallest absolute Gasteiger partial charge is 0.307 e. The number of amides is 2. The molecule has 2 aromatic rings. The Morgan fingerprint density at radius 2 is 1.77 bits per heavy atom. The number of carbonyl (C=O) groups excluding carboxylic acids is 2. The fourth-order valence-corrected chi connectivity index (χ4v) is 5.29. The van der Waals surface area contributed by atoms with E-state index in [9.17, 15) is 19.5 Å². The molecule has 0 spiro atoms. The van der Waals surface area contributed by atoms with Crippen molar-refractivity contribution in [2.24, 2.45) is 11.8 Å². The molecule has 2 atom stereocenters. The van der Waals surface area contributed by atoms with Crippen LogP contribution in [0, 0.1) is 18.8 Å². The molecule has 0 aliphatic heterocycles. The maximum Gasteiger partial charge on any atom is 0.307 e. The zero-order valence-corrected chi connectivity index (χ0v) is 18.2. The first-order valence-electron chi connectivity index (χ1n) is 10.4. The zero-order valence-electron chi connectivity index (χ0n) is 17.4. The van der Waals surface area contributed by atoms with Crippen LogP contribution in [0.5, 0.6) is 0 Å². The van der Waals surface area contributed by atoms with Gasteiger partial charge in [-0.3, -0.25) is 14.4 Å². The van der Waals surface area contributed by atoms with E-state index in [0.717, 1.165) is 28.8 Å². The number of benzene rings is 1. The molecule has 1 heterocycles. The van der Waals surface area contributed by atoms with Crippen LogP contribution >= 0.6 is 11.3 Å². The van der Waals surface area contributed by atoms with Gasteiger partial charge in [-0.2, -0.15) is 0 Å². The molecule has 0 unspecified atom stereocenters. The second kappa shape index (κ2) is 9.89. The minimum atomic E-state index is -0.924. The van der Waals surface area contributed by atoms with E-state index in [1.165, 1.54) is 11.3 Å². The highest BCUT2D eigenvalue weighted by molar-refractivity contribution is 7.16. The average Bonchev–Trinajstić information content (AvgIpc) is 3.07. The lowest BCUT2D eigenvalue weighted by molar-refractivity contribution is -0.147. The lowest BCUT2D eigenvalue weighted by Crippen LogP contribution is -2.36. The Hall–Kier alpha value is -2.67. The quantitative estimate of drug-likeness (QED) is 0.610. The molecule has 1 aliphatic rings. The number of hydrogen-bond donors (Lipinski definition) is 3. The maximum atomic E-state index is 13.0. The molecule has 1 aromatic heterocycles. The highest BCUT2D eigenvalue weighted by Gasteiger charge is 2.36. The minimum absolute atomic E-state index is 0.228. The molecule has 6 nitrogen and oxygen atoms in total. The van der Waals surface area contributed by atoms with Gasteiger partial charge in [-0.25, -0.2) is 0 Å². The van der Waals surface area contributed by atoms with Crippen molar-refractivity contribution in [3.8, 4) is 0 Å². The van der Waals surface area contributed by atoms with E-state index in [1.54, 1.807) is 0 Å².